The second kappa shape index (κ2) is 8.58. The predicted octanol–water partition coefficient (Wildman–Crippen LogP) is 3.69. The number of hydrogen-bond acceptors (Lipinski definition) is 2. The Hall–Kier alpha value is -2.98. The van der Waals surface area contributed by atoms with E-state index in [4.69, 9.17) is 11.6 Å². The van der Waals surface area contributed by atoms with Crippen molar-refractivity contribution in [2.24, 2.45) is 0 Å². The fourth-order valence-corrected chi connectivity index (χ4v) is 3.06. The van der Waals surface area contributed by atoms with Crippen LogP contribution in [0.3, 0.4) is 0 Å². The Labute approximate surface area is 170 Å². The molecule has 150 valence electrons. The van der Waals surface area contributed by atoms with Gasteiger partial charge in [0, 0.05) is 48.2 Å². The second-order valence-electron chi connectivity index (χ2n) is 6.42. The highest BCUT2D eigenvalue weighted by molar-refractivity contribution is 6.30. The highest BCUT2D eigenvalue weighted by Gasteiger charge is 2.31. The molecule has 0 aromatic heterocycles. The first-order valence-corrected chi connectivity index (χ1v) is 9.15. The van der Waals surface area contributed by atoms with Crippen LogP contribution in [-0.4, -0.2) is 47.8 Å². The molecule has 1 aliphatic heterocycles. The topological polar surface area (TPSA) is 40.6 Å². The van der Waals surface area contributed by atoms with Gasteiger partial charge in [-0.1, -0.05) is 23.6 Å². The van der Waals surface area contributed by atoms with Gasteiger partial charge in [0.1, 0.15) is 0 Å². The number of halogens is 4. The van der Waals surface area contributed by atoms with Crippen LogP contribution in [0.5, 0.6) is 0 Å². The Balaban J connectivity index is 1.57. The summed E-state index contributed by atoms with van der Waals surface area (Å²) in [4.78, 5) is 27.8. The molecule has 4 nitrogen and oxygen atoms in total. The van der Waals surface area contributed by atoms with Crippen LogP contribution < -0.4 is 0 Å². The van der Waals surface area contributed by atoms with Gasteiger partial charge in [-0.05, 0) is 42.5 Å². The molecule has 1 fully saturated rings. The Kier molecular flexibility index (Phi) is 6.14. The molecular formula is C21H16ClF3N2O2. The number of alkyl halides is 3. The molecule has 0 N–H and O–H groups in total. The van der Waals surface area contributed by atoms with E-state index in [-0.39, 0.29) is 30.5 Å². The van der Waals surface area contributed by atoms with Gasteiger partial charge in [-0.25, -0.2) is 0 Å². The van der Waals surface area contributed by atoms with Crippen LogP contribution in [0, 0.1) is 11.8 Å². The van der Waals surface area contributed by atoms with E-state index >= 15 is 0 Å². The SMILES string of the molecule is O=C(C#Cc1cccc(Cl)c1)N1CCN(C(=O)c2ccc(C(F)(F)F)cc2)CC1. The van der Waals surface area contributed by atoms with Gasteiger partial charge in [-0.2, -0.15) is 13.2 Å². The summed E-state index contributed by atoms with van der Waals surface area (Å²) in [5.41, 5.74) is 0.00300. The lowest BCUT2D eigenvalue weighted by Gasteiger charge is -2.33. The van der Waals surface area contributed by atoms with Gasteiger partial charge in [0.25, 0.3) is 11.8 Å². The standard InChI is InChI=1S/C21H16ClF3N2O2/c22-18-3-1-2-15(14-18)4-9-19(28)26-10-12-27(13-11-26)20(29)16-5-7-17(8-6-16)21(23,24)25/h1-3,5-8,14H,10-13H2. The monoisotopic (exact) mass is 420 g/mol. The first-order chi connectivity index (χ1) is 13.7. The molecule has 29 heavy (non-hydrogen) atoms. The zero-order valence-electron chi connectivity index (χ0n) is 15.2. The van der Waals surface area contributed by atoms with Gasteiger partial charge in [0.05, 0.1) is 5.56 Å². The van der Waals surface area contributed by atoms with Crippen molar-refractivity contribution in [3.63, 3.8) is 0 Å². The minimum atomic E-state index is -4.44. The van der Waals surface area contributed by atoms with Crippen molar-refractivity contribution in [2.45, 2.75) is 6.18 Å². The minimum absolute atomic E-state index is 0.179. The first kappa shape index (κ1) is 20.7. The van der Waals surface area contributed by atoms with Crippen LogP contribution in [0.1, 0.15) is 21.5 Å². The molecule has 8 heteroatoms. The van der Waals surface area contributed by atoms with Gasteiger partial charge in [-0.15, -0.1) is 0 Å². The number of piperazine rings is 1. The predicted molar refractivity (Wildman–Crippen MR) is 102 cm³/mol. The van der Waals surface area contributed by atoms with Crippen LogP contribution in [0.15, 0.2) is 48.5 Å². The summed E-state index contributed by atoms with van der Waals surface area (Å²) in [5, 5.41) is 0.527. The summed E-state index contributed by atoms with van der Waals surface area (Å²) in [6.45, 7) is 1.17. The fourth-order valence-electron chi connectivity index (χ4n) is 2.87. The lowest BCUT2D eigenvalue weighted by molar-refractivity contribution is -0.137. The Morgan fingerprint density at radius 2 is 1.55 bits per heavy atom. The number of hydrogen-bond donors (Lipinski definition) is 0. The van der Waals surface area contributed by atoms with Crippen LogP contribution in [0.2, 0.25) is 5.02 Å². The number of rotatable bonds is 1. The average Bonchev–Trinajstić information content (AvgIpc) is 2.71. The van der Waals surface area contributed by atoms with Crippen molar-refractivity contribution in [1.29, 1.82) is 0 Å². The molecule has 1 saturated heterocycles. The average molecular weight is 421 g/mol. The summed E-state index contributed by atoms with van der Waals surface area (Å²) in [6, 6.07) is 11.0. The van der Waals surface area contributed by atoms with Crippen molar-refractivity contribution >= 4 is 23.4 Å². The van der Waals surface area contributed by atoms with Crippen molar-refractivity contribution in [3.8, 4) is 11.8 Å². The van der Waals surface area contributed by atoms with E-state index in [0.717, 1.165) is 12.1 Å². The van der Waals surface area contributed by atoms with Crippen LogP contribution in [0.4, 0.5) is 13.2 Å². The van der Waals surface area contributed by atoms with E-state index in [1.807, 2.05) is 0 Å². The summed E-state index contributed by atoms with van der Waals surface area (Å²) >= 11 is 5.88. The molecular weight excluding hydrogens is 405 g/mol. The van der Waals surface area contributed by atoms with Crippen molar-refractivity contribution in [2.75, 3.05) is 26.2 Å². The molecule has 3 rings (SSSR count). The number of carbonyl (C=O) groups excluding carboxylic acids is 2. The summed E-state index contributed by atoms with van der Waals surface area (Å²) < 4.78 is 37.9. The molecule has 0 saturated carbocycles. The number of carbonyl (C=O) groups is 2. The van der Waals surface area contributed by atoms with E-state index in [9.17, 15) is 22.8 Å². The summed E-state index contributed by atoms with van der Waals surface area (Å²) in [7, 11) is 0. The third-order valence-electron chi connectivity index (χ3n) is 4.45. The van der Waals surface area contributed by atoms with Crippen LogP contribution >= 0.6 is 11.6 Å². The number of amides is 2. The number of nitrogens with zero attached hydrogens (tertiary/aromatic N) is 2. The smallest absolute Gasteiger partial charge is 0.335 e. The molecule has 0 aliphatic carbocycles. The fraction of sp³-hybridized carbons (Fsp3) is 0.238. The molecule has 0 unspecified atom stereocenters. The minimum Gasteiger partial charge on any atom is -0.335 e. The zero-order valence-corrected chi connectivity index (χ0v) is 15.9. The lowest BCUT2D eigenvalue weighted by atomic mass is 10.1. The van der Waals surface area contributed by atoms with Gasteiger partial charge >= 0.3 is 6.18 Å². The Morgan fingerprint density at radius 3 is 2.14 bits per heavy atom. The van der Waals surface area contributed by atoms with Crippen molar-refractivity contribution in [3.05, 3.63) is 70.2 Å². The molecule has 0 bridgehead atoms. The largest absolute Gasteiger partial charge is 0.416 e. The van der Waals surface area contributed by atoms with E-state index in [1.54, 1.807) is 24.3 Å². The van der Waals surface area contributed by atoms with Gasteiger partial charge in [0.2, 0.25) is 0 Å². The van der Waals surface area contributed by atoms with Crippen molar-refractivity contribution in [1.82, 2.24) is 9.80 Å². The Bertz CT molecular complexity index is 970. The quantitative estimate of drug-likeness (QED) is 0.660. The second-order valence-corrected chi connectivity index (χ2v) is 6.86. The lowest BCUT2D eigenvalue weighted by Crippen LogP contribution is -2.50. The first-order valence-electron chi connectivity index (χ1n) is 8.77. The zero-order chi connectivity index (χ0) is 21.0. The highest BCUT2D eigenvalue weighted by atomic mass is 35.5. The van der Waals surface area contributed by atoms with Crippen LogP contribution in [0.25, 0.3) is 0 Å². The highest BCUT2D eigenvalue weighted by Crippen LogP contribution is 2.29. The molecule has 2 amide bonds. The molecule has 0 atom stereocenters. The van der Waals surface area contributed by atoms with Crippen LogP contribution in [-0.2, 0) is 11.0 Å². The summed E-state index contributed by atoms with van der Waals surface area (Å²) in [6.07, 6.45) is -4.44. The van der Waals surface area contributed by atoms with E-state index in [1.165, 1.54) is 21.9 Å². The molecule has 0 radical (unpaired) electrons. The molecule has 0 spiro atoms. The van der Waals surface area contributed by atoms with E-state index < -0.39 is 11.7 Å². The number of benzene rings is 2. The van der Waals surface area contributed by atoms with E-state index in [2.05, 4.69) is 11.8 Å². The third-order valence-corrected chi connectivity index (χ3v) is 4.69. The van der Waals surface area contributed by atoms with Gasteiger partial charge < -0.3 is 9.80 Å². The molecule has 2 aromatic rings. The van der Waals surface area contributed by atoms with Crippen molar-refractivity contribution < 1.29 is 22.8 Å². The maximum Gasteiger partial charge on any atom is 0.416 e. The normalized spacial score (nSPS) is 14.2. The molecule has 1 heterocycles. The maximum absolute atomic E-state index is 12.6. The molecule has 2 aromatic carbocycles. The molecule has 1 aliphatic rings. The third kappa shape index (κ3) is 5.30. The van der Waals surface area contributed by atoms with E-state index in [0.29, 0.717) is 23.7 Å². The Morgan fingerprint density at radius 1 is 0.931 bits per heavy atom. The van der Waals surface area contributed by atoms with Gasteiger partial charge in [0.15, 0.2) is 0 Å². The van der Waals surface area contributed by atoms with Gasteiger partial charge in [-0.3, -0.25) is 9.59 Å². The summed E-state index contributed by atoms with van der Waals surface area (Å²) in [5.74, 6) is 4.60. The maximum atomic E-state index is 12.6.